The van der Waals surface area contributed by atoms with Gasteiger partial charge in [0.2, 0.25) is 11.1 Å². The standard InChI is InChI=1S/C11H10N4S2/c12-10-13-11(15-14-10)17-6-7-5-16-9-4-2-1-3-8(7)9/h1-5H,6H2,(H3,12,13,14,15). The molecular weight excluding hydrogens is 252 g/mol. The Morgan fingerprint density at radius 2 is 2.24 bits per heavy atom. The summed E-state index contributed by atoms with van der Waals surface area (Å²) in [6, 6.07) is 8.41. The van der Waals surface area contributed by atoms with Crippen molar-refractivity contribution in [2.75, 3.05) is 5.73 Å². The highest BCUT2D eigenvalue weighted by atomic mass is 32.2. The summed E-state index contributed by atoms with van der Waals surface area (Å²) < 4.78 is 1.32. The molecule has 0 spiro atoms. The number of nitrogens with one attached hydrogen (secondary N) is 1. The van der Waals surface area contributed by atoms with Crippen LogP contribution in [0.15, 0.2) is 34.8 Å². The first-order chi connectivity index (χ1) is 8.33. The number of benzene rings is 1. The summed E-state index contributed by atoms with van der Waals surface area (Å²) in [7, 11) is 0. The van der Waals surface area contributed by atoms with Crippen molar-refractivity contribution in [3.63, 3.8) is 0 Å². The Morgan fingerprint density at radius 3 is 3.06 bits per heavy atom. The summed E-state index contributed by atoms with van der Waals surface area (Å²) >= 11 is 3.35. The molecule has 0 saturated heterocycles. The average Bonchev–Trinajstić information content (AvgIpc) is 2.93. The number of hydrogen-bond acceptors (Lipinski definition) is 5. The number of thiophene rings is 1. The number of aromatic nitrogens is 3. The number of anilines is 1. The van der Waals surface area contributed by atoms with E-state index in [2.05, 4.69) is 44.8 Å². The second-order valence-corrected chi connectivity index (χ2v) is 5.40. The largest absolute Gasteiger partial charge is 0.368 e. The molecule has 6 heteroatoms. The highest BCUT2D eigenvalue weighted by molar-refractivity contribution is 7.98. The zero-order valence-corrected chi connectivity index (χ0v) is 10.5. The number of aromatic amines is 1. The molecule has 0 aliphatic carbocycles. The average molecular weight is 262 g/mol. The molecule has 0 aliphatic heterocycles. The van der Waals surface area contributed by atoms with Crippen LogP contribution < -0.4 is 5.73 Å². The molecule has 2 heterocycles. The van der Waals surface area contributed by atoms with Crippen LogP contribution in [-0.2, 0) is 5.75 Å². The minimum absolute atomic E-state index is 0.364. The topological polar surface area (TPSA) is 67.6 Å². The number of fused-ring (bicyclic) bond motifs is 1. The van der Waals surface area contributed by atoms with Crippen LogP contribution in [0.5, 0.6) is 0 Å². The Bertz CT molecular complexity index is 644. The molecule has 3 N–H and O–H groups in total. The van der Waals surface area contributed by atoms with Gasteiger partial charge in [-0.1, -0.05) is 30.0 Å². The maximum absolute atomic E-state index is 5.48. The van der Waals surface area contributed by atoms with Gasteiger partial charge in [0.15, 0.2) is 0 Å². The van der Waals surface area contributed by atoms with Crippen molar-refractivity contribution in [2.45, 2.75) is 10.9 Å². The number of rotatable bonds is 3. The van der Waals surface area contributed by atoms with Crippen molar-refractivity contribution >= 4 is 39.1 Å². The van der Waals surface area contributed by atoms with E-state index in [0.29, 0.717) is 11.1 Å². The number of nitrogen functional groups attached to an aromatic ring is 1. The molecule has 0 atom stereocenters. The van der Waals surface area contributed by atoms with Crippen LogP contribution in [0.2, 0.25) is 0 Å². The molecule has 1 aromatic carbocycles. The number of nitrogens with two attached hydrogens (primary N) is 1. The lowest BCUT2D eigenvalue weighted by Crippen LogP contribution is -1.85. The molecule has 0 aliphatic rings. The summed E-state index contributed by atoms with van der Waals surface area (Å²) in [5.41, 5.74) is 6.80. The molecule has 0 radical (unpaired) electrons. The molecule has 3 aromatic rings. The highest BCUT2D eigenvalue weighted by Gasteiger charge is 2.06. The minimum Gasteiger partial charge on any atom is -0.368 e. The number of hydrogen-bond donors (Lipinski definition) is 2. The van der Waals surface area contributed by atoms with E-state index >= 15 is 0 Å². The van der Waals surface area contributed by atoms with Crippen molar-refractivity contribution in [2.24, 2.45) is 0 Å². The van der Waals surface area contributed by atoms with E-state index in [1.807, 2.05) is 0 Å². The molecule has 0 bridgehead atoms. The molecule has 17 heavy (non-hydrogen) atoms. The van der Waals surface area contributed by atoms with Gasteiger partial charge >= 0.3 is 0 Å². The molecule has 4 nitrogen and oxygen atoms in total. The molecular formula is C11H10N4S2. The van der Waals surface area contributed by atoms with Crippen LogP contribution in [-0.4, -0.2) is 15.2 Å². The summed E-state index contributed by atoms with van der Waals surface area (Å²) in [5.74, 6) is 1.23. The third-order valence-electron chi connectivity index (χ3n) is 2.40. The van der Waals surface area contributed by atoms with E-state index in [-0.39, 0.29) is 0 Å². The lowest BCUT2D eigenvalue weighted by Gasteiger charge is -1.96. The fourth-order valence-electron chi connectivity index (χ4n) is 1.61. The Morgan fingerprint density at radius 1 is 1.35 bits per heavy atom. The molecule has 3 rings (SSSR count). The van der Waals surface area contributed by atoms with Gasteiger partial charge in [-0.3, -0.25) is 0 Å². The number of H-pyrrole nitrogens is 1. The molecule has 2 aromatic heterocycles. The van der Waals surface area contributed by atoms with Crippen LogP contribution in [0.4, 0.5) is 5.95 Å². The lowest BCUT2D eigenvalue weighted by molar-refractivity contribution is 0.973. The van der Waals surface area contributed by atoms with Gasteiger partial charge < -0.3 is 5.73 Å². The number of thioether (sulfide) groups is 1. The number of nitrogens with zero attached hydrogens (tertiary/aromatic N) is 2. The summed E-state index contributed by atoms with van der Waals surface area (Å²) in [6.45, 7) is 0. The normalized spacial score (nSPS) is 11.1. The van der Waals surface area contributed by atoms with Crippen LogP contribution in [0, 0.1) is 0 Å². The van der Waals surface area contributed by atoms with Gasteiger partial charge in [0.05, 0.1) is 0 Å². The van der Waals surface area contributed by atoms with Gasteiger partial charge in [0.1, 0.15) is 0 Å². The molecule has 0 unspecified atom stereocenters. The predicted molar refractivity (Wildman–Crippen MR) is 72.2 cm³/mol. The lowest BCUT2D eigenvalue weighted by atomic mass is 10.2. The third kappa shape index (κ3) is 2.13. The zero-order valence-electron chi connectivity index (χ0n) is 8.88. The first-order valence-corrected chi connectivity index (χ1v) is 6.95. The Hall–Kier alpha value is -1.53. The molecule has 0 amide bonds. The first-order valence-electron chi connectivity index (χ1n) is 5.09. The van der Waals surface area contributed by atoms with E-state index in [0.717, 1.165) is 5.75 Å². The fourth-order valence-corrected chi connectivity index (χ4v) is 3.47. The summed E-state index contributed by atoms with van der Waals surface area (Å²) in [4.78, 5) is 4.07. The van der Waals surface area contributed by atoms with Gasteiger partial charge in [-0.2, -0.15) is 4.98 Å². The fraction of sp³-hybridized carbons (Fsp3) is 0.0909. The smallest absolute Gasteiger partial charge is 0.216 e. The van der Waals surface area contributed by atoms with Crippen molar-refractivity contribution in [3.8, 4) is 0 Å². The first kappa shape index (κ1) is 10.6. The molecule has 0 saturated carbocycles. The maximum Gasteiger partial charge on any atom is 0.216 e. The van der Waals surface area contributed by atoms with E-state index in [1.54, 1.807) is 23.1 Å². The van der Waals surface area contributed by atoms with Crippen LogP contribution >= 0.6 is 23.1 Å². The minimum atomic E-state index is 0.364. The Kier molecular flexibility index (Phi) is 2.74. The summed E-state index contributed by atoms with van der Waals surface area (Å²) in [6.07, 6.45) is 0. The van der Waals surface area contributed by atoms with Gasteiger partial charge in [-0.25, -0.2) is 5.10 Å². The van der Waals surface area contributed by atoms with Gasteiger partial charge in [0.25, 0.3) is 0 Å². The van der Waals surface area contributed by atoms with Gasteiger partial charge in [-0.15, -0.1) is 16.4 Å². The zero-order chi connectivity index (χ0) is 11.7. The van der Waals surface area contributed by atoms with Gasteiger partial charge in [-0.05, 0) is 22.4 Å². The highest BCUT2D eigenvalue weighted by Crippen LogP contribution is 2.30. The predicted octanol–water partition coefficient (Wildman–Crippen LogP) is 2.89. The van der Waals surface area contributed by atoms with E-state index in [9.17, 15) is 0 Å². The summed E-state index contributed by atoms with van der Waals surface area (Å²) in [5, 5.41) is 10.8. The van der Waals surface area contributed by atoms with Crippen molar-refractivity contribution in [3.05, 3.63) is 35.2 Å². The van der Waals surface area contributed by atoms with E-state index in [4.69, 9.17) is 5.73 Å². The van der Waals surface area contributed by atoms with Crippen LogP contribution in [0.1, 0.15) is 5.56 Å². The van der Waals surface area contributed by atoms with Crippen LogP contribution in [0.3, 0.4) is 0 Å². The SMILES string of the molecule is Nc1nc(SCc2csc3ccccc23)n[nH]1. The quantitative estimate of drug-likeness (QED) is 0.712. The van der Waals surface area contributed by atoms with Crippen molar-refractivity contribution in [1.82, 2.24) is 15.2 Å². The van der Waals surface area contributed by atoms with E-state index in [1.165, 1.54) is 15.6 Å². The van der Waals surface area contributed by atoms with Crippen molar-refractivity contribution in [1.29, 1.82) is 0 Å². The maximum atomic E-state index is 5.48. The third-order valence-corrected chi connectivity index (χ3v) is 4.31. The Balaban J connectivity index is 1.81. The Labute approximate surface area is 106 Å². The van der Waals surface area contributed by atoms with Crippen LogP contribution in [0.25, 0.3) is 10.1 Å². The van der Waals surface area contributed by atoms with Crippen molar-refractivity contribution < 1.29 is 0 Å². The second kappa shape index (κ2) is 4.38. The van der Waals surface area contributed by atoms with Gasteiger partial charge in [0, 0.05) is 10.5 Å². The van der Waals surface area contributed by atoms with E-state index < -0.39 is 0 Å². The second-order valence-electron chi connectivity index (χ2n) is 3.55. The molecule has 0 fully saturated rings. The monoisotopic (exact) mass is 262 g/mol. The molecule has 86 valence electrons.